The Hall–Kier alpha value is -1.15. The largest absolute Gasteiger partial charge is 0.398 e. The van der Waals surface area contributed by atoms with Crippen molar-refractivity contribution >= 4 is 55.9 Å². The third-order valence-electron chi connectivity index (χ3n) is 2.25. The summed E-state index contributed by atoms with van der Waals surface area (Å²) in [5, 5.41) is 2.73. The van der Waals surface area contributed by atoms with E-state index in [4.69, 9.17) is 5.73 Å². The summed E-state index contributed by atoms with van der Waals surface area (Å²) in [4.78, 5) is 16.1. The second kappa shape index (κ2) is 5.66. The summed E-state index contributed by atoms with van der Waals surface area (Å²) in [5.74, 6) is 0.279. The van der Waals surface area contributed by atoms with E-state index in [1.54, 1.807) is 30.5 Å². The van der Waals surface area contributed by atoms with Crippen molar-refractivity contribution in [3.8, 4) is 0 Å². The van der Waals surface area contributed by atoms with Crippen molar-refractivity contribution in [3.05, 3.63) is 50.1 Å². The van der Waals surface area contributed by atoms with Crippen molar-refractivity contribution in [2.75, 3.05) is 11.1 Å². The normalized spacial score (nSPS) is 10.1. The molecule has 18 heavy (non-hydrogen) atoms. The fourth-order valence-corrected chi connectivity index (χ4v) is 2.20. The number of rotatable bonds is 2. The molecule has 1 heterocycles. The summed E-state index contributed by atoms with van der Waals surface area (Å²) < 4.78 is 1.59. The lowest BCUT2D eigenvalue weighted by Crippen LogP contribution is -2.13. The first-order valence-electron chi connectivity index (χ1n) is 5.05. The average Bonchev–Trinajstić information content (AvgIpc) is 2.35. The zero-order chi connectivity index (χ0) is 13.1. The maximum absolute atomic E-state index is 12.0. The summed E-state index contributed by atoms with van der Waals surface area (Å²) in [6.07, 6.45) is 1.62. The van der Waals surface area contributed by atoms with E-state index >= 15 is 0 Å². The lowest BCUT2D eigenvalue weighted by atomic mass is 10.2. The predicted octanol–water partition coefficient (Wildman–Crippen LogP) is 3.28. The predicted molar refractivity (Wildman–Crippen MR) is 83.5 cm³/mol. The lowest BCUT2D eigenvalue weighted by Gasteiger charge is -2.07. The third-order valence-corrected chi connectivity index (χ3v) is 3.83. The Morgan fingerprint density at radius 1 is 1.39 bits per heavy atom. The van der Waals surface area contributed by atoms with Crippen LogP contribution in [0, 0.1) is 3.57 Å². The van der Waals surface area contributed by atoms with Crippen LogP contribution in [0.3, 0.4) is 0 Å². The van der Waals surface area contributed by atoms with E-state index in [1.165, 1.54) is 0 Å². The molecule has 0 aliphatic carbocycles. The number of carbonyl (C=O) groups is 1. The summed E-state index contributed by atoms with van der Waals surface area (Å²) in [6.45, 7) is 0. The first-order chi connectivity index (χ1) is 8.58. The molecule has 0 aliphatic rings. The van der Waals surface area contributed by atoms with E-state index in [-0.39, 0.29) is 5.91 Å². The zero-order valence-electron chi connectivity index (χ0n) is 9.15. The van der Waals surface area contributed by atoms with Gasteiger partial charge in [-0.3, -0.25) is 4.79 Å². The Kier molecular flexibility index (Phi) is 4.18. The number of amides is 1. The highest BCUT2D eigenvalue weighted by Crippen LogP contribution is 2.20. The van der Waals surface area contributed by atoms with Crippen molar-refractivity contribution in [2.24, 2.45) is 0 Å². The molecule has 0 radical (unpaired) electrons. The van der Waals surface area contributed by atoms with E-state index in [1.807, 2.05) is 6.07 Å². The van der Waals surface area contributed by atoms with E-state index < -0.39 is 0 Å². The molecule has 0 atom stereocenters. The van der Waals surface area contributed by atoms with Gasteiger partial charge in [-0.25, -0.2) is 4.98 Å². The molecule has 0 spiro atoms. The fourth-order valence-electron chi connectivity index (χ4n) is 1.33. The van der Waals surface area contributed by atoms with Gasteiger partial charge in [0.05, 0.1) is 4.47 Å². The number of nitrogens with zero attached hydrogens (tertiary/aromatic N) is 1. The lowest BCUT2D eigenvalue weighted by molar-refractivity contribution is 0.102. The van der Waals surface area contributed by atoms with E-state index in [0.29, 0.717) is 17.1 Å². The molecule has 3 N–H and O–H groups in total. The number of halogens is 2. The number of hydrogen-bond donors (Lipinski definition) is 2. The van der Waals surface area contributed by atoms with Crippen molar-refractivity contribution < 1.29 is 4.79 Å². The minimum Gasteiger partial charge on any atom is -0.398 e. The van der Waals surface area contributed by atoms with Gasteiger partial charge in [0.1, 0.15) is 5.82 Å². The number of pyridine rings is 1. The van der Waals surface area contributed by atoms with Gasteiger partial charge in [0.15, 0.2) is 0 Å². The molecule has 2 rings (SSSR count). The first-order valence-corrected chi connectivity index (χ1v) is 6.92. The molecule has 1 aromatic carbocycles. The molecule has 0 saturated carbocycles. The van der Waals surface area contributed by atoms with Gasteiger partial charge in [0, 0.05) is 21.0 Å². The van der Waals surface area contributed by atoms with Gasteiger partial charge in [0.2, 0.25) is 0 Å². The molecule has 6 heteroatoms. The second-order valence-corrected chi connectivity index (χ2v) is 5.54. The summed E-state index contributed by atoms with van der Waals surface area (Å²) in [5.41, 5.74) is 6.91. The van der Waals surface area contributed by atoms with Crippen LogP contribution in [0.15, 0.2) is 41.0 Å². The molecule has 92 valence electrons. The van der Waals surface area contributed by atoms with Crippen LogP contribution < -0.4 is 11.1 Å². The molecule has 1 aromatic heterocycles. The molecule has 4 nitrogen and oxygen atoms in total. The molecule has 0 aliphatic heterocycles. The van der Waals surface area contributed by atoms with E-state index in [0.717, 1.165) is 8.04 Å². The van der Waals surface area contributed by atoms with E-state index in [9.17, 15) is 4.79 Å². The number of nitrogens with two attached hydrogens (primary N) is 1. The highest BCUT2D eigenvalue weighted by molar-refractivity contribution is 14.1. The highest BCUT2D eigenvalue weighted by atomic mass is 127. The second-order valence-electron chi connectivity index (χ2n) is 3.52. The van der Waals surface area contributed by atoms with Crippen LogP contribution in [0.25, 0.3) is 0 Å². The Morgan fingerprint density at radius 3 is 2.83 bits per heavy atom. The number of hydrogen-bond acceptors (Lipinski definition) is 3. The van der Waals surface area contributed by atoms with Gasteiger partial charge in [0.25, 0.3) is 5.91 Å². The average molecular weight is 418 g/mol. The van der Waals surface area contributed by atoms with Crippen LogP contribution in [-0.4, -0.2) is 10.9 Å². The minimum absolute atomic E-state index is 0.215. The monoisotopic (exact) mass is 417 g/mol. The van der Waals surface area contributed by atoms with Gasteiger partial charge < -0.3 is 11.1 Å². The highest BCUT2D eigenvalue weighted by Gasteiger charge is 2.10. The maximum Gasteiger partial charge on any atom is 0.256 e. The third kappa shape index (κ3) is 2.99. The Morgan fingerprint density at radius 2 is 2.17 bits per heavy atom. The first kappa shape index (κ1) is 13.3. The standard InChI is InChI=1S/C12H9BrIN3O/c13-8-2-1-5-16-11(8)17-12(18)7-3-4-10(15)9(14)6-7/h1-6H,15H2,(H,16,17,18). The van der Waals surface area contributed by atoms with Gasteiger partial charge in [-0.1, -0.05) is 0 Å². The van der Waals surface area contributed by atoms with Crippen molar-refractivity contribution in [2.45, 2.75) is 0 Å². The van der Waals surface area contributed by atoms with Crippen LogP contribution in [-0.2, 0) is 0 Å². The Bertz CT molecular complexity index is 604. The van der Waals surface area contributed by atoms with Crippen molar-refractivity contribution in [1.82, 2.24) is 4.98 Å². The molecule has 0 bridgehead atoms. The molecule has 0 saturated heterocycles. The molecule has 2 aromatic rings. The van der Waals surface area contributed by atoms with Crippen LogP contribution in [0.4, 0.5) is 11.5 Å². The molecule has 0 fully saturated rings. The van der Waals surface area contributed by atoms with Crippen LogP contribution in [0.2, 0.25) is 0 Å². The Labute approximate surface area is 126 Å². The van der Waals surface area contributed by atoms with Crippen LogP contribution >= 0.6 is 38.5 Å². The van der Waals surface area contributed by atoms with Crippen LogP contribution in [0.5, 0.6) is 0 Å². The maximum atomic E-state index is 12.0. The molecule has 1 amide bonds. The van der Waals surface area contributed by atoms with Gasteiger partial charge in [-0.15, -0.1) is 0 Å². The summed E-state index contributed by atoms with van der Waals surface area (Å²) >= 11 is 5.42. The fraction of sp³-hybridized carbons (Fsp3) is 0. The SMILES string of the molecule is Nc1ccc(C(=O)Nc2ncccc2Br)cc1I. The molecular formula is C12H9BrIN3O. The zero-order valence-corrected chi connectivity index (χ0v) is 12.9. The number of nitrogens with one attached hydrogen (secondary N) is 1. The molecular weight excluding hydrogens is 409 g/mol. The van der Waals surface area contributed by atoms with Gasteiger partial charge >= 0.3 is 0 Å². The smallest absolute Gasteiger partial charge is 0.256 e. The Balaban J connectivity index is 2.22. The number of carbonyl (C=O) groups excluding carboxylic acids is 1. The topological polar surface area (TPSA) is 68.0 Å². The van der Waals surface area contributed by atoms with Crippen LogP contribution in [0.1, 0.15) is 10.4 Å². The minimum atomic E-state index is -0.215. The number of benzene rings is 1. The van der Waals surface area contributed by atoms with Gasteiger partial charge in [-0.05, 0) is 68.9 Å². The number of nitrogen functional groups attached to an aromatic ring is 1. The van der Waals surface area contributed by atoms with Crippen molar-refractivity contribution in [1.29, 1.82) is 0 Å². The summed E-state index contributed by atoms with van der Waals surface area (Å²) in [7, 11) is 0. The summed E-state index contributed by atoms with van der Waals surface area (Å²) in [6, 6.07) is 8.73. The number of anilines is 2. The van der Waals surface area contributed by atoms with E-state index in [2.05, 4.69) is 48.8 Å². The number of aromatic nitrogens is 1. The van der Waals surface area contributed by atoms with Crippen molar-refractivity contribution in [3.63, 3.8) is 0 Å². The quantitative estimate of drug-likeness (QED) is 0.582. The van der Waals surface area contributed by atoms with Gasteiger partial charge in [-0.2, -0.15) is 0 Å². The molecule has 0 unspecified atom stereocenters.